The molecule has 4 heteroatoms. The Morgan fingerprint density at radius 3 is 1.67 bits per heavy atom. The van der Waals surface area contributed by atoms with E-state index in [1.165, 1.54) is 12.8 Å². The predicted molar refractivity (Wildman–Crippen MR) is 56.1 cm³/mol. The zero-order valence-electron chi connectivity index (χ0n) is 6.69. The number of hydrogen-bond acceptors (Lipinski definition) is 4. The summed E-state index contributed by atoms with van der Waals surface area (Å²) < 4.78 is 0. The van der Waals surface area contributed by atoms with E-state index in [0.717, 1.165) is 12.8 Å². The van der Waals surface area contributed by atoms with Gasteiger partial charge in [-0.15, -0.1) is 0 Å². The van der Waals surface area contributed by atoms with Crippen molar-refractivity contribution in [3.8, 4) is 0 Å². The molecule has 0 heterocycles. The number of aliphatic imine (C=N–C) groups is 2. The molecule has 0 radical (unpaired) electrons. The van der Waals surface area contributed by atoms with Crippen molar-refractivity contribution in [2.24, 2.45) is 9.98 Å². The van der Waals surface area contributed by atoms with Gasteiger partial charge in [0, 0.05) is 0 Å². The zero-order chi connectivity index (χ0) is 8.81. The van der Waals surface area contributed by atoms with Crippen LogP contribution in [0.2, 0.25) is 0 Å². The van der Waals surface area contributed by atoms with E-state index in [-0.39, 0.29) is 12.1 Å². The predicted octanol–water partition coefficient (Wildman–Crippen LogP) is 2.50. The zero-order valence-corrected chi connectivity index (χ0v) is 8.33. The van der Waals surface area contributed by atoms with E-state index < -0.39 is 0 Å². The van der Waals surface area contributed by atoms with Gasteiger partial charge in [0.2, 0.25) is 0 Å². The lowest BCUT2D eigenvalue weighted by atomic mass is 9.91. The molecule has 0 spiro atoms. The molecule has 0 bridgehead atoms. The Morgan fingerprint density at radius 2 is 1.33 bits per heavy atom. The average Bonchev–Trinajstić information content (AvgIpc) is 2.09. The Balaban J connectivity index is 2.65. The van der Waals surface area contributed by atoms with Crippen LogP contribution in [-0.2, 0) is 0 Å². The van der Waals surface area contributed by atoms with Gasteiger partial charge in [-0.05, 0) is 37.3 Å². The van der Waals surface area contributed by atoms with Gasteiger partial charge in [-0.2, -0.15) is 0 Å². The van der Waals surface area contributed by atoms with Gasteiger partial charge in [-0.3, -0.25) is 0 Å². The lowest BCUT2D eigenvalue weighted by Gasteiger charge is -2.23. The Hall–Kier alpha value is -0.400. The van der Waals surface area contributed by atoms with Crippen LogP contribution in [-0.4, -0.2) is 22.4 Å². The number of nitrogens with zero attached hydrogens (tertiary/aromatic N) is 2. The molecule has 2 atom stereocenters. The van der Waals surface area contributed by atoms with Crippen LogP contribution in [0.4, 0.5) is 0 Å². The van der Waals surface area contributed by atoms with E-state index in [1.54, 1.807) is 0 Å². The fraction of sp³-hybridized carbons (Fsp3) is 0.750. The lowest BCUT2D eigenvalue weighted by Crippen LogP contribution is -2.26. The highest BCUT2D eigenvalue weighted by molar-refractivity contribution is 7.78. The minimum absolute atomic E-state index is 0.201. The number of hydrogen-bond donors (Lipinski definition) is 0. The molecule has 1 aliphatic carbocycles. The topological polar surface area (TPSA) is 24.7 Å². The maximum absolute atomic E-state index is 4.57. The van der Waals surface area contributed by atoms with Gasteiger partial charge in [-0.1, -0.05) is 12.8 Å². The van der Waals surface area contributed by atoms with Gasteiger partial charge >= 0.3 is 0 Å². The van der Waals surface area contributed by atoms with Crippen LogP contribution >= 0.6 is 24.4 Å². The SMILES string of the molecule is S=C=NC1CCCCC1N=C=S. The van der Waals surface area contributed by atoms with Crippen LogP contribution < -0.4 is 0 Å². The Kier molecular flexibility index (Phi) is 4.26. The average molecular weight is 198 g/mol. The molecule has 1 aliphatic rings. The van der Waals surface area contributed by atoms with Gasteiger partial charge in [0.1, 0.15) is 0 Å². The summed E-state index contributed by atoms with van der Waals surface area (Å²) in [7, 11) is 0. The molecule has 2 nitrogen and oxygen atoms in total. The fourth-order valence-electron chi connectivity index (χ4n) is 1.53. The maximum atomic E-state index is 4.57. The third-order valence-corrected chi connectivity index (χ3v) is 2.34. The third kappa shape index (κ3) is 2.58. The summed E-state index contributed by atoms with van der Waals surface area (Å²) in [6.07, 6.45) is 4.51. The first-order valence-electron chi connectivity index (χ1n) is 4.02. The molecular weight excluding hydrogens is 188 g/mol. The van der Waals surface area contributed by atoms with E-state index in [0.29, 0.717) is 0 Å². The molecule has 0 saturated heterocycles. The summed E-state index contributed by atoms with van der Waals surface area (Å²) in [6, 6.07) is 0.401. The molecule has 0 amide bonds. The van der Waals surface area contributed by atoms with E-state index in [2.05, 4.69) is 44.7 Å². The van der Waals surface area contributed by atoms with Crippen molar-refractivity contribution in [2.75, 3.05) is 0 Å². The van der Waals surface area contributed by atoms with Gasteiger partial charge in [0.25, 0.3) is 0 Å². The van der Waals surface area contributed by atoms with E-state index in [1.807, 2.05) is 0 Å². The maximum Gasteiger partial charge on any atom is 0.0834 e. The molecule has 0 aromatic heterocycles. The van der Waals surface area contributed by atoms with Crippen molar-refractivity contribution >= 4 is 34.8 Å². The molecule has 0 N–H and O–H groups in total. The molecule has 64 valence electrons. The summed E-state index contributed by atoms with van der Waals surface area (Å²) in [6.45, 7) is 0. The first-order chi connectivity index (χ1) is 5.88. The van der Waals surface area contributed by atoms with Crippen molar-refractivity contribution in [1.29, 1.82) is 0 Å². The summed E-state index contributed by atoms with van der Waals surface area (Å²) in [4.78, 5) is 8.14. The molecule has 1 saturated carbocycles. The second-order valence-corrected chi connectivity index (χ2v) is 3.23. The van der Waals surface area contributed by atoms with Gasteiger partial charge in [0.05, 0.1) is 22.4 Å². The summed E-state index contributed by atoms with van der Waals surface area (Å²) in [5, 5.41) is 4.82. The van der Waals surface area contributed by atoms with Crippen LogP contribution in [0.5, 0.6) is 0 Å². The quantitative estimate of drug-likeness (QED) is 0.503. The second kappa shape index (κ2) is 5.28. The molecule has 1 fully saturated rings. The summed E-state index contributed by atoms with van der Waals surface area (Å²) in [5.41, 5.74) is 0. The first-order valence-corrected chi connectivity index (χ1v) is 4.84. The summed E-state index contributed by atoms with van der Waals surface area (Å²) >= 11 is 9.13. The number of isothiocyanates is 2. The monoisotopic (exact) mass is 198 g/mol. The van der Waals surface area contributed by atoms with Crippen molar-refractivity contribution in [2.45, 2.75) is 37.8 Å². The van der Waals surface area contributed by atoms with Gasteiger partial charge in [-0.25, -0.2) is 9.98 Å². The summed E-state index contributed by atoms with van der Waals surface area (Å²) in [5.74, 6) is 0. The Morgan fingerprint density at radius 1 is 0.917 bits per heavy atom. The highest BCUT2D eigenvalue weighted by Gasteiger charge is 2.23. The van der Waals surface area contributed by atoms with Crippen molar-refractivity contribution in [3.63, 3.8) is 0 Å². The van der Waals surface area contributed by atoms with E-state index in [4.69, 9.17) is 0 Å². The smallest absolute Gasteiger partial charge is 0.0834 e. The standard InChI is InChI=1S/C8H10N2S2/c11-5-9-7-3-1-2-4-8(7)10-6-12/h7-8H,1-4H2. The minimum atomic E-state index is 0.201. The minimum Gasteiger partial charge on any atom is -0.227 e. The van der Waals surface area contributed by atoms with Gasteiger partial charge in [0.15, 0.2) is 0 Å². The molecule has 0 aliphatic heterocycles. The molecule has 12 heavy (non-hydrogen) atoms. The molecule has 0 aromatic rings. The van der Waals surface area contributed by atoms with Crippen LogP contribution in [0.3, 0.4) is 0 Å². The Labute approximate surface area is 82.8 Å². The number of rotatable bonds is 2. The van der Waals surface area contributed by atoms with Crippen molar-refractivity contribution in [3.05, 3.63) is 0 Å². The van der Waals surface area contributed by atoms with Crippen LogP contribution in [0.25, 0.3) is 0 Å². The van der Waals surface area contributed by atoms with Crippen LogP contribution in [0.15, 0.2) is 9.98 Å². The van der Waals surface area contributed by atoms with E-state index in [9.17, 15) is 0 Å². The van der Waals surface area contributed by atoms with Crippen LogP contribution in [0.1, 0.15) is 25.7 Å². The second-order valence-electron chi connectivity index (χ2n) is 2.86. The molecular formula is C8H10N2S2. The first kappa shape index (κ1) is 9.69. The van der Waals surface area contributed by atoms with Crippen molar-refractivity contribution in [1.82, 2.24) is 0 Å². The molecule has 1 rings (SSSR count). The lowest BCUT2D eigenvalue weighted by molar-refractivity contribution is 0.391. The Bertz CT molecular complexity index is 213. The fourth-order valence-corrected chi connectivity index (χ4v) is 1.80. The van der Waals surface area contributed by atoms with Crippen LogP contribution in [0, 0.1) is 0 Å². The highest BCUT2D eigenvalue weighted by Crippen LogP contribution is 2.23. The third-order valence-electron chi connectivity index (χ3n) is 2.13. The molecule has 0 aromatic carbocycles. The highest BCUT2D eigenvalue weighted by atomic mass is 32.1. The largest absolute Gasteiger partial charge is 0.227 e. The van der Waals surface area contributed by atoms with Gasteiger partial charge < -0.3 is 0 Å². The normalized spacial score (nSPS) is 28.3. The molecule has 2 unspecified atom stereocenters. The van der Waals surface area contributed by atoms with Crippen molar-refractivity contribution < 1.29 is 0 Å². The van der Waals surface area contributed by atoms with E-state index >= 15 is 0 Å². The number of thiocarbonyl (C=S) groups is 2.